The molecule has 0 radical (unpaired) electrons. The molecule has 1 N–H and O–H groups in total. The lowest BCUT2D eigenvalue weighted by Crippen LogP contribution is -2.13. The van der Waals surface area contributed by atoms with Gasteiger partial charge in [-0.05, 0) is 55.7 Å². The molecule has 4 atom stereocenters. The molecule has 1 aliphatic rings. The second-order valence-corrected chi connectivity index (χ2v) is 4.53. The van der Waals surface area contributed by atoms with E-state index in [-0.39, 0.29) is 11.7 Å². The van der Waals surface area contributed by atoms with Gasteiger partial charge < -0.3 is 5.41 Å². The van der Waals surface area contributed by atoms with Crippen LogP contribution in [0.25, 0.3) is 0 Å². The van der Waals surface area contributed by atoms with E-state index < -0.39 is 0 Å². The molecule has 0 aromatic rings. The summed E-state index contributed by atoms with van der Waals surface area (Å²) in [7, 11) is 0. The summed E-state index contributed by atoms with van der Waals surface area (Å²) >= 11 is 0. The fraction of sp³-hybridized carbons (Fsp3) is 0.615. The second-order valence-electron chi connectivity index (χ2n) is 4.53. The zero-order valence-corrected chi connectivity index (χ0v) is 9.54. The largest absolute Gasteiger partial charge is 0.313 e. The Bertz CT molecular complexity index is 266. The maximum absolute atomic E-state index is 12.9. The topological polar surface area (TPSA) is 23.9 Å². The minimum atomic E-state index is -0.105. The first-order valence-electron chi connectivity index (χ1n) is 5.55. The van der Waals surface area contributed by atoms with Crippen molar-refractivity contribution in [2.45, 2.75) is 26.7 Å². The molecule has 1 aliphatic carbocycles. The Balaban J connectivity index is 2.81. The molecule has 1 fully saturated rings. The summed E-state index contributed by atoms with van der Waals surface area (Å²) in [6.07, 6.45) is 6.96. The van der Waals surface area contributed by atoms with Gasteiger partial charge in [0.25, 0.3) is 0 Å². The smallest absolute Gasteiger partial charge is 0.0931 e. The van der Waals surface area contributed by atoms with Crippen molar-refractivity contribution < 1.29 is 4.39 Å². The predicted octanol–water partition coefficient (Wildman–Crippen LogP) is 3.97. The molecule has 1 nitrogen and oxygen atoms in total. The van der Waals surface area contributed by atoms with Gasteiger partial charge in [-0.15, -0.1) is 6.58 Å². The predicted molar refractivity (Wildman–Crippen MR) is 62.7 cm³/mol. The monoisotopic (exact) mass is 209 g/mol. The van der Waals surface area contributed by atoms with Crippen molar-refractivity contribution in [3.8, 4) is 0 Å². The minimum absolute atomic E-state index is 0.105. The molecule has 0 amide bonds. The summed E-state index contributed by atoms with van der Waals surface area (Å²) in [6.45, 7) is 7.40. The molecular weight excluding hydrogens is 189 g/mol. The highest BCUT2D eigenvalue weighted by Crippen LogP contribution is 2.43. The van der Waals surface area contributed by atoms with Gasteiger partial charge >= 0.3 is 0 Å². The van der Waals surface area contributed by atoms with Crippen LogP contribution >= 0.6 is 0 Å². The van der Waals surface area contributed by atoms with Crippen molar-refractivity contribution in [3.05, 3.63) is 24.6 Å². The zero-order valence-electron chi connectivity index (χ0n) is 9.54. The van der Waals surface area contributed by atoms with Crippen LogP contribution < -0.4 is 0 Å². The first-order valence-corrected chi connectivity index (χ1v) is 5.55. The lowest BCUT2D eigenvalue weighted by molar-refractivity contribution is 0.357. The van der Waals surface area contributed by atoms with E-state index >= 15 is 0 Å². The number of rotatable bonds is 4. The number of halogens is 1. The summed E-state index contributed by atoms with van der Waals surface area (Å²) < 4.78 is 12.9. The Labute approximate surface area is 91.6 Å². The highest BCUT2D eigenvalue weighted by Gasteiger charge is 2.37. The fourth-order valence-electron chi connectivity index (χ4n) is 2.70. The van der Waals surface area contributed by atoms with E-state index in [1.807, 2.05) is 6.08 Å². The van der Waals surface area contributed by atoms with E-state index in [9.17, 15) is 4.39 Å². The van der Waals surface area contributed by atoms with Crippen LogP contribution in [-0.4, -0.2) is 6.21 Å². The van der Waals surface area contributed by atoms with E-state index in [1.54, 1.807) is 6.08 Å². The molecule has 0 heterocycles. The molecule has 0 aromatic heterocycles. The van der Waals surface area contributed by atoms with Crippen molar-refractivity contribution in [3.63, 3.8) is 0 Å². The Kier molecular flexibility index (Phi) is 4.25. The van der Waals surface area contributed by atoms with E-state index in [1.165, 1.54) is 13.1 Å². The van der Waals surface area contributed by atoms with Crippen LogP contribution in [0.2, 0.25) is 0 Å². The van der Waals surface area contributed by atoms with Crippen LogP contribution in [0, 0.1) is 29.1 Å². The Morgan fingerprint density at radius 3 is 2.67 bits per heavy atom. The molecule has 0 aliphatic heterocycles. The third kappa shape index (κ3) is 2.77. The maximum Gasteiger partial charge on any atom is 0.0931 e. The van der Waals surface area contributed by atoms with Gasteiger partial charge in [0, 0.05) is 0 Å². The van der Waals surface area contributed by atoms with E-state index in [0.29, 0.717) is 17.8 Å². The first-order chi connectivity index (χ1) is 7.10. The van der Waals surface area contributed by atoms with Crippen molar-refractivity contribution in [2.75, 3.05) is 0 Å². The third-order valence-electron chi connectivity index (χ3n) is 3.54. The Morgan fingerprint density at radius 2 is 2.20 bits per heavy atom. The van der Waals surface area contributed by atoms with Gasteiger partial charge in [0.2, 0.25) is 0 Å². The average molecular weight is 209 g/mol. The third-order valence-corrected chi connectivity index (χ3v) is 3.54. The Hall–Kier alpha value is -0.920. The van der Waals surface area contributed by atoms with Crippen LogP contribution in [0.1, 0.15) is 26.7 Å². The molecule has 2 heteroatoms. The highest BCUT2D eigenvalue weighted by molar-refractivity contribution is 5.58. The quantitative estimate of drug-likeness (QED) is 0.535. The molecule has 15 heavy (non-hydrogen) atoms. The van der Waals surface area contributed by atoms with Crippen LogP contribution in [0.4, 0.5) is 4.39 Å². The van der Waals surface area contributed by atoms with E-state index in [0.717, 1.165) is 12.8 Å². The second kappa shape index (κ2) is 5.24. The lowest BCUT2D eigenvalue weighted by Gasteiger charge is -2.19. The van der Waals surface area contributed by atoms with Gasteiger partial charge in [0.05, 0.1) is 5.83 Å². The number of allylic oxidation sites excluding steroid dienone is 3. The fourth-order valence-corrected chi connectivity index (χ4v) is 2.70. The van der Waals surface area contributed by atoms with Crippen molar-refractivity contribution in [1.82, 2.24) is 0 Å². The normalized spacial score (nSPS) is 36.6. The number of hydrogen-bond donors (Lipinski definition) is 1. The van der Waals surface area contributed by atoms with Crippen molar-refractivity contribution in [1.29, 1.82) is 5.41 Å². The molecule has 84 valence electrons. The molecule has 0 spiro atoms. The van der Waals surface area contributed by atoms with E-state index in [4.69, 9.17) is 5.41 Å². The average Bonchev–Trinajstić information content (AvgIpc) is 2.45. The molecule has 3 unspecified atom stereocenters. The van der Waals surface area contributed by atoms with Gasteiger partial charge in [-0.3, -0.25) is 0 Å². The molecule has 1 saturated carbocycles. The van der Waals surface area contributed by atoms with Gasteiger partial charge in [-0.2, -0.15) is 0 Å². The van der Waals surface area contributed by atoms with Gasteiger partial charge in [-0.1, -0.05) is 13.0 Å². The van der Waals surface area contributed by atoms with Gasteiger partial charge in [0.1, 0.15) is 0 Å². The summed E-state index contributed by atoms with van der Waals surface area (Å²) in [5, 5.41) is 7.36. The summed E-state index contributed by atoms with van der Waals surface area (Å²) in [5.74, 6) is 1.37. The molecular formula is C13H20FN. The lowest BCUT2D eigenvalue weighted by atomic mass is 9.86. The molecule has 0 aromatic carbocycles. The van der Waals surface area contributed by atoms with Crippen LogP contribution in [0.3, 0.4) is 0 Å². The number of hydrogen-bond acceptors (Lipinski definition) is 1. The first kappa shape index (κ1) is 12.2. The summed E-state index contributed by atoms with van der Waals surface area (Å²) in [4.78, 5) is 0. The van der Waals surface area contributed by atoms with Crippen molar-refractivity contribution >= 4 is 6.21 Å². The molecule has 0 saturated heterocycles. The highest BCUT2D eigenvalue weighted by atomic mass is 19.1. The standard InChI is InChI=1S/C13H20FN/c1-4-5-13-10(3)12(8-15)7-11(13)6-9(2)14/h4,6,8,10-13,15H,1,5,7H2,2-3H3/b9-6+,15-8?/t10?,11?,12-,13?/m0/s1. The number of nitrogens with one attached hydrogen (secondary N) is 1. The van der Waals surface area contributed by atoms with Crippen molar-refractivity contribution in [2.24, 2.45) is 23.7 Å². The maximum atomic E-state index is 12.9. The Morgan fingerprint density at radius 1 is 1.53 bits per heavy atom. The minimum Gasteiger partial charge on any atom is -0.313 e. The van der Waals surface area contributed by atoms with Crippen LogP contribution in [0.5, 0.6) is 0 Å². The molecule has 1 rings (SSSR count). The molecule has 0 bridgehead atoms. The SMILES string of the molecule is C=CCC1C(/C=C(\C)F)C[C@@H](C=N)C1C. The zero-order chi connectivity index (χ0) is 11.4. The summed E-state index contributed by atoms with van der Waals surface area (Å²) in [5.41, 5.74) is 0. The summed E-state index contributed by atoms with van der Waals surface area (Å²) in [6, 6.07) is 0. The van der Waals surface area contributed by atoms with Crippen LogP contribution in [-0.2, 0) is 0 Å². The van der Waals surface area contributed by atoms with E-state index in [2.05, 4.69) is 13.5 Å². The van der Waals surface area contributed by atoms with Gasteiger partial charge in [-0.25, -0.2) is 4.39 Å². The van der Waals surface area contributed by atoms with Gasteiger partial charge in [0.15, 0.2) is 0 Å². The van der Waals surface area contributed by atoms with Crippen LogP contribution in [0.15, 0.2) is 24.6 Å².